The summed E-state index contributed by atoms with van der Waals surface area (Å²) in [6.45, 7) is 12.3. The number of hydrogen-bond acceptors (Lipinski definition) is 2. The molecule has 0 unspecified atom stereocenters. The number of ketones is 1. The van der Waals surface area contributed by atoms with Crippen LogP contribution in [0.3, 0.4) is 0 Å². The van der Waals surface area contributed by atoms with Crippen molar-refractivity contribution in [3.05, 3.63) is 0 Å². The van der Waals surface area contributed by atoms with Crippen LogP contribution in [0.15, 0.2) is 0 Å². The van der Waals surface area contributed by atoms with Crippen LogP contribution in [0.2, 0.25) is 0 Å². The van der Waals surface area contributed by atoms with Gasteiger partial charge in [0.1, 0.15) is 5.78 Å². The van der Waals surface area contributed by atoms with E-state index in [1.807, 2.05) is 0 Å². The molecule has 0 aliphatic heterocycles. The van der Waals surface area contributed by atoms with Crippen molar-refractivity contribution in [2.45, 2.75) is 118 Å². The molecule has 4 saturated carbocycles. The first kappa shape index (κ1) is 22.8. The van der Waals surface area contributed by atoms with Crippen molar-refractivity contribution in [3.63, 3.8) is 0 Å². The Labute approximate surface area is 186 Å². The highest BCUT2D eigenvalue weighted by Gasteiger charge is 2.62. The molecule has 0 saturated heterocycles. The molecular weight excluding hydrogens is 368 g/mol. The Balaban J connectivity index is 1.50. The maximum Gasteiger partial charge on any atom is 0.136 e. The Bertz CT molecular complexity index is 624. The quantitative estimate of drug-likeness (QED) is 0.504. The second-order valence-electron chi connectivity index (χ2n) is 12.5. The Hall–Kier alpha value is -0.370. The summed E-state index contributed by atoms with van der Waals surface area (Å²) in [5.41, 5.74) is 0.603. The predicted molar refractivity (Wildman–Crippen MR) is 124 cm³/mol. The number of fused-ring (bicyclic) bond motifs is 5. The van der Waals surface area contributed by atoms with Crippen molar-refractivity contribution in [2.75, 3.05) is 0 Å². The molecule has 0 amide bonds. The van der Waals surface area contributed by atoms with E-state index in [0.29, 0.717) is 23.0 Å². The number of rotatable bonds is 6. The van der Waals surface area contributed by atoms with E-state index in [1.54, 1.807) is 0 Å². The van der Waals surface area contributed by atoms with Gasteiger partial charge in [-0.25, -0.2) is 0 Å². The van der Waals surface area contributed by atoms with Gasteiger partial charge < -0.3 is 5.11 Å². The second-order valence-corrected chi connectivity index (χ2v) is 12.5. The Morgan fingerprint density at radius 2 is 1.63 bits per heavy atom. The molecule has 0 aromatic rings. The van der Waals surface area contributed by atoms with Crippen LogP contribution in [-0.4, -0.2) is 17.0 Å². The Kier molecular flexibility index (Phi) is 6.48. The molecule has 9 atom stereocenters. The molecule has 2 heteroatoms. The molecular formula is C28H48O2. The van der Waals surface area contributed by atoms with E-state index in [9.17, 15) is 9.90 Å². The first-order valence-electron chi connectivity index (χ1n) is 13.4. The Morgan fingerprint density at radius 1 is 0.967 bits per heavy atom. The highest BCUT2D eigenvalue weighted by molar-refractivity contribution is 5.83. The van der Waals surface area contributed by atoms with E-state index in [4.69, 9.17) is 0 Å². The van der Waals surface area contributed by atoms with Gasteiger partial charge in [-0.1, -0.05) is 60.3 Å². The van der Waals surface area contributed by atoms with Crippen molar-refractivity contribution in [1.82, 2.24) is 0 Å². The molecule has 4 aliphatic carbocycles. The predicted octanol–water partition coefficient (Wildman–Crippen LogP) is 7.04. The molecule has 4 fully saturated rings. The lowest BCUT2D eigenvalue weighted by Crippen LogP contribution is -2.57. The van der Waals surface area contributed by atoms with Crippen molar-refractivity contribution >= 4 is 5.78 Å². The molecule has 4 rings (SSSR count). The van der Waals surface area contributed by atoms with Crippen molar-refractivity contribution in [2.24, 2.45) is 52.3 Å². The minimum Gasteiger partial charge on any atom is -0.393 e. The fraction of sp³-hybridized carbons (Fsp3) is 0.964. The number of Topliss-reactive ketones (excluding diaryl/α,β-unsaturated/α-hetero) is 1. The number of hydrogen-bond donors (Lipinski definition) is 1. The SMILES string of the molecule is CCC(CC)CC[C@@H](C)[C@H]1CC[C@H]2[C@@H]3CC(=O)[C@H]4C[C@H](O)CC[C@]4(C)[C@H]3CC[C@]12C. The van der Waals surface area contributed by atoms with Crippen LogP contribution in [0.5, 0.6) is 0 Å². The van der Waals surface area contributed by atoms with Gasteiger partial charge >= 0.3 is 0 Å². The zero-order chi connectivity index (χ0) is 21.7. The molecule has 30 heavy (non-hydrogen) atoms. The van der Waals surface area contributed by atoms with Gasteiger partial charge in [0.25, 0.3) is 0 Å². The second kappa shape index (κ2) is 8.53. The van der Waals surface area contributed by atoms with Gasteiger partial charge in [0.15, 0.2) is 0 Å². The molecule has 4 aliphatic rings. The van der Waals surface area contributed by atoms with Crippen molar-refractivity contribution < 1.29 is 9.90 Å². The molecule has 0 aromatic carbocycles. The fourth-order valence-electron chi connectivity index (χ4n) is 9.39. The number of carbonyl (C=O) groups excluding carboxylic acids is 1. The zero-order valence-corrected chi connectivity index (χ0v) is 20.5. The van der Waals surface area contributed by atoms with Crippen molar-refractivity contribution in [3.8, 4) is 0 Å². The first-order chi connectivity index (χ1) is 14.2. The molecule has 172 valence electrons. The van der Waals surface area contributed by atoms with Gasteiger partial charge in [0.2, 0.25) is 0 Å². The lowest BCUT2D eigenvalue weighted by atomic mass is 9.44. The van der Waals surface area contributed by atoms with Crippen LogP contribution < -0.4 is 0 Å². The summed E-state index contributed by atoms with van der Waals surface area (Å²) in [6, 6.07) is 0. The summed E-state index contributed by atoms with van der Waals surface area (Å²) in [6.07, 6.45) is 14.2. The summed E-state index contributed by atoms with van der Waals surface area (Å²) >= 11 is 0. The largest absolute Gasteiger partial charge is 0.393 e. The van der Waals surface area contributed by atoms with E-state index in [2.05, 4.69) is 34.6 Å². The van der Waals surface area contributed by atoms with Gasteiger partial charge in [0, 0.05) is 12.3 Å². The summed E-state index contributed by atoms with van der Waals surface area (Å²) in [4.78, 5) is 13.3. The lowest BCUT2D eigenvalue weighted by Gasteiger charge is -2.60. The average Bonchev–Trinajstić information content (AvgIpc) is 3.07. The zero-order valence-electron chi connectivity index (χ0n) is 20.5. The van der Waals surface area contributed by atoms with Crippen LogP contribution in [0.25, 0.3) is 0 Å². The van der Waals surface area contributed by atoms with Crippen LogP contribution >= 0.6 is 0 Å². The molecule has 0 heterocycles. The molecule has 0 radical (unpaired) electrons. The van der Waals surface area contributed by atoms with Crippen LogP contribution in [0.1, 0.15) is 112 Å². The summed E-state index contributed by atoms with van der Waals surface area (Å²) in [5.74, 6) is 5.28. The molecule has 0 spiro atoms. The number of aliphatic hydroxyl groups is 1. The van der Waals surface area contributed by atoms with E-state index < -0.39 is 0 Å². The first-order valence-corrected chi connectivity index (χ1v) is 13.4. The van der Waals surface area contributed by atoms with Crippen LogP contribution in [-0.2, 0) is 4.79 Å². The van der Waals surface area contributed by atoms with Gasteiger partial charge in [-0.2, -0.15) is 0 Å². The fourth-order valence-corrected chi connectivity index (χ4v) is 9.39. The minimum absolute atomic E-state index is 0.128. The van der Waals surface area contributed by atoms with Gasteiger partial charge in [-0.3, -0.25) is 4.79 Å². The van der Waals surface area contributed by atoms with E-state index in [0.717, 1.165) is 49.4 Å². The van der Waals surface area contributed by atoms with E-state index in [1.165, 1.54) is 51.4 Å². The monoisotopic (exact) mass is 416 g/mol. The lowest BCUT2D eigenvalue weighted by molar-refractivity contribution is -0.160. The maximum absolute atomic E-state index is 13.3. The maximum atomic E-state index is 13.3. The molecule has 0 aromatic heterocycles. The molecule has 1 N–H and O–H groups in total. The summed E-state index contributed by atoms with van der Waals surface area (Å²) in [5, 5.41) is 10.2. The van der Waals surface area contributed by atoms with Crippen LogP contribution in [0.4, 0.5) is 0 Å². The molecule has 0 bridgehead atoms. The van der Waals surface area contributed by atoms with Crippen molar-refractivity contribution in [1.29, 1.82) is 0 Å². The normalized spacial score (nSPS) is 47.0. The minimum atomic E-state index is -0.246. The average molecular weight is 417 g/mol. The van der Waals surface area contributed by atoms with Gasteiger partial charge in [0.05, 0.1) is 6.10 Å². The number of aliphatic hydroxyl groups excluding tert-OH is 1. The van der Waals surface area contributed by atoms with Gasteiger partial charge in [-0.05, 0) is 91.3 Å². The molecule has 2 nitrogen and oxygen atoms in total. The Morgan fingerprint density at radius 3 is 2.33 bits per heavy atom. The summed E-state index contributed by atoms with van der Waals surface area (Å²) in [7, 11) is 0. The van der Waals surface area contributed by atoms with E-state index >= 15 is 0 Å². The standard InChI is InChI=1S/C28H48O2/c1-6-19(7-2)9-8-18(3)22-10-11-23-21-17-26(30)25-16-20(29)12-14-28(25,5)24(21)13-15-27(22,23)4/h18-25,29H,6-17H2,1-5H3/t18-,20-,21+,22-,23+,24+,25-,27-,28-/m1/s1. The summed E-state index contributed by atoms with van der Waals surface area (Å²) < 4.78 is 0. The highest BCUT2D eigenvalue weighted by Crippen LogP contribution is 2.67. The van der Waals surface area contributed by atoms with Crippen LogP contribution in [0, 0.1) is 52.3 Å². The smallest absolute Gasteiger partial charge is 0.136 e. The van der Waals surface area contributed by atoms with Gasteiger partial charge in [-0.15, -0.1) is 0 Å². The topological polar surface area (TPSA) is 37.3 Å². The third kappa shape index (κ3) is 3.61. The highest BCUT2D eigenvalue weighted by atomic mass is 16.3. The third-order valence-corrected chi connectivity index (χ3v) is 11.4. The third-order valence-electron chi connectivity index (χ3n) is 11.4. The number of carbonyl (C=O) groups is 1. The van der Waals surface area contributed by atoms with E-state index in [-0.39, 0.29) is 17.4 Å².